The molecular formula is C14H18N2O4S. The molecule has 0 spiro atoms. The van der Waals surface area contributed by atoms with Crippen molar-refractivity contribution in [3.63, 3.8) is 0 Å². The van der Waals surface area contributed by atoms with Crippen molar-refractivity contribution in [3.05, 3.63) is 22.4 Å². The van der Waals surface area contributed by atoms with Gasteiger partial charge in [0.05, 0.1) is 17.3 Å². The molecule has 0 bridgehead atoms. The summed E-state index contributed by atoms with van der Waals surface area (Å²) in [5, 5.41) is 10.9. The maximum atomic E-state index is 12.3. The molecule has 1 aromatic heterocycles. The number of amides is 2. The molecule has 1 aliphatic heterocycles. The molecule has 0 saturated carbocycles. The molecule has 2 amide bonds. The molecule has 1 aromatic rings. The lowest BCUT2D eigenvalue weighted by Crippen LogP contribution is -2.44. The van der Waals surface area contributed by atoms with E-state index in [1.807, 2.05) is 5.38 Å². The Labute approximate surface area is 127 Å². The Morgan fingerprint density at radius 1 is 1.48 bits per heavy atom. The second-order valence-electron chi connectivity index (χ2n) is 5.20. The van der Waals surface area contributed by atoms with E-state index in [4.69, 9.17) is 5.11 Å². The van der Waals surface area contributed by atoms with Crippen molar-refractivity contribution in [1.82, 2.24) is 9.80 Å². The number of rotatable bonds is 4. The number of carbonyl (C=O) groups excluding carboxylic acids is 2. The third kappa shape index (κ3) is 3.24. The Bertz CT molecular complexity index is 543. The van der Waals surface area contributed by atoms with Gasteiger partial charge in [-0.3, -0.25) is 14.4 Å². The van der Waals surface area contributed by atoms with Crippen LogP contribution in [0.3, 0.4) is 0 Å². The Kier molecular flexibility index (Phi) is 4.62. The first-order valence-corrected chi connectivity index (χ1v) is 7.61. The number of carbonyl (C=O) groups is 3. The molecule has 2 rings (SSSR count). The summed E-state index contributed by atoms with van der Waals surface area (Å²) in [6.45, 7) is 2.14. The van der Waals surface area contributed by atoms with E-state index in [1.54, 1.807) is 31.0 Å². The Hall–Kier alpha value is -1.89. The molecular weight excluding hydrogens is 292 g/mol. The summed E-state index contributed by atoms with van der Waals surface area (Å²) in [6.07, 6.45) is 0.463. The van der Waals surface area contributed by atoms with E-state index < -0.39 is 11.9 Å². The Balaban J connectivity index is 1.96. The van der Waals surface area contributed by atoms with Gasteiger partial charge in [0.25, 0.3) is 5.91 Å². The van der Waals surface area contributed by atoms with Crippen LogP contribution in [0.1, 0.15) is 23.0 Å². The number of aliphatic carboxylic acids is 1. The first kappa shape index (κ1) is 15.5. The molecule has 1 N–H and O–H groups in total. The van der Waals surface area contributed by atoms with Crippen LogP contribution >= 0.6 is 11.3 Å². The van der Waals surface area contributed by atoms with Crippen molar-refractivity contribution in [2.45, 2.75) is 19.4 Å². The standard InChI is InChI=1S/C14H18N2O4S/c1-9-10(14(19)20)5-6-16(9)12(17)8-15(2)13(18)11-4-3-7-21-11/h3-4,7,9-10H,5-6,8H2,1-2H3,(H,19,20). The highest BCUT2D eigenvalue weighted by Gasteiger charge is 2.38. The van der Waals surface area contributed by atoms with Gasteiger partial charge in [-0.1, -0.05) is 6.07 Å². The average molecular weight is 310 g/mol. The van der Waals surface area contributed by atoms with Crippen LogP contribution in [-0.2, 0) is 9.59 Å². The second-order valence-corrected chi connectivity index (χ2v) is 6.15. The number of likely N-dealkylation sites (tertiary alicyclic amines) is 1. The quantitative estimate of drug-likeness (QED) is 0.904. The number of carboxylic acid groups (broad SMARTS) is 1. The van der Waals surface area contributed by atoms with Crippen molar-refractivity contribution in [2.24, 2.45) is 5.92 Å². The molecule has 0 aromatic carbocycles. The molecule has 7 heteroatoms. The van der Waals surface area contributed by atoms with E-state index in [9.17, 15) is 14.4 Å². The first-order chi connectivity index (χ1) is 9.91. The van der Waals surface area contributed by atoms with E-state index in [0.29, 0.717) is 17.8 Å². The van der Waals surface area contributed by atoms with Gasteiger partial charge in [-0.05, 0) is 24.8 Å². The molecule has 1 aliphatic rings. The molecule has 6 nitrogen and oxygen atoms in total. The van der Waals surface area contributed by atoms with Gasteiger partial charge < -0.3 is 14.9 Å². The van der Waals surface area contributed by atoms with Gasteiger partial charge >= 0.3 is 5.97 Å². The van der Waals surface area contributed by atoms with Crippen LogP contribution in [0.25, 0.3) is 0 Å². The largest absolute Gasteiger partial charge is 0.481 e. The van der Waals surface area contributed by atoms with E-state index in [0.717, 1.165) is 0 Å². The molecule has 0 aliphatic carbocycles. The lowest BCUT2D eigenvalue weighted by Gasteiger charge is -2.26. The lowest BCUT2D eigenvalue weighted by molar-refractivity contribution is -0.143. The zero-order chi connectivity index (χ0) is 15.6. The number of hydrogen-bond acceptors (Lipinski definition) is 4. The molecule has 2 unspecified atom stereocenters. The molecule has 2 heterocycles. The van der Waals surface area contributed by atoms with E-state index in [1.165, 1.54) is 16.2 Å². The van der Waals surface area contributed by atoms with Crippen LogP contribution < -0.4 is 0 Å². The van der Waals surface area contributed by atoms with Crippen LogP contribution in [0.15, 0.2) is 17.5 Å². The molecule has 114 valence electrons. The van der Waals surface area contributed by atoms with Crippen molar-refractivity contribution < 1.29 is 19.5 Å². The molecule has 2 atom stereocenters. The third-order valence-corrected chi connectivity index (χ3v) is 4.70. The minimum absolute atomic E-state index is 0.0343. The van der Waals surface area contributed by atoms with Crippen molar-refractivity contribution in [2.75, 3.05) is 20.1 Å². The summed E-state index contributed by atoms with van der Waals surface area (Å²) < 4.78 is 0. The fourth-order valence-corrected chi connectivity index (χ4v) is 3.29. The van der Waals surface area contributed by atoms with Crippen molar-refractivity contribution in [3.8, 4) is 0 Å². The first-order valence-electron chi connectivity index (χ1n) is 6.73. The fraction of sp³-hybridized carbons (Fsp3) is 0.500. The van der Waals surface area contributed by atoms with Crippen LogP contribution in [-0.4, -0.2) is 58.9 Å². The van der Waals surface area contributed by atoms with E-state index in [-0.39, 0.29) is 24.4 Å². The van der Waals surface area contributed by atoms with Crippen molar-refractivity contribution in [1.29, 1.82) is 0 Å². The predicted molar refractivity (Wildman–Crippen MR) is 78.2 cm³/mol. The zero-order valence-corrected chi connectivity index (χ0v) is 12.8. The van der Waals surface area contributed by atoms with Gasteiger partial charge in [-0.2, -0.15) is 0 Å². The van der Waals surface area contributed by atoms with Gasteiger partial charge in [0.2, 0.25) is 5.91 Å². The lowest BCUT2D eigenvalue weighted by atomic mass is 10.0. The highest BCUT2D eigenvalue weighted by Crippen LogP contribution is 2.24. The topological polar surface area (TPSA) is 77.9 Å². The fourth-order valence-electron chi connectivity index (χ4n) is 2.58. The monoisotopic (exact) mass is 310 g/mol. The van der Waals surface area contributed by atoms with Gasteiger partial charge in [-0.25, -0.2) is 0 Å². The predicted octanol–water partition coefficient (Wildman–Crippen LogP) is 1.14. The summed E-state index contributed by atoms with van der Waals surface area (Å²) >= 11 is 1.33. The van der Waals surface area contributed by atoms with Crippen LogP contribution in [0.4, 0.5) is 0 Å². The van der Waals surface area contributed by atoms with E-state index in [2.05, 4.69) is 0 Å². The minimum atomic E-state index is -0.874. The van der Waals surface area contributed by atoms with Crippen molar-refractivity contribution >= 4 is 29.1 Å². The van der Waals surface area contributed by atoms with Gasteiger partial charge in [0.1, 0.15) is 0 Å². The summed E-state index contributed by atoms with van der Waals surface area (Å²) in [6, 6.07) is 3.17. The maximum absolute atomic E-state index is 12.3. The summed E-state index contributed by atoms with van der Waals surface area (Å²) in [5.41, 5.74) is 0. The molecule has 1 saturated heterocycles. The smallest absolute Gasteiger partial charge is 0.308 e. The number of carboxylic acids is 1. The van der Waals surface area contributed by atoms with Gasteiger partial charge in [0, 0.05) is 19.6 Å². The average Bonchev–Trinajstić information content (AvgIpc) is 3.06. The van der Waals surface area contributed by atoms with E-state index >= 15 is 0 Å². The maximum Gasteiger partial charge on any atom is 0.308 e. The van der Waals surface area contributed by atoms with Crippen LogP contribution in [0.5, 0.6) is 0 Å². The number of nitrogens with zero attached hydrogens (tertiary/aromatic N) is 2. The minimum Gasteiger partial charge on any atom is -0.481 e. The summed E-state index contributed by atoms with van der Waals surface area (Å²) in [4.78, 5) is 38.9. The van der Waals surface area contributed by atoms with Crippen LogP contribution in [0, 0.1) is 5.92 Å². The molecule has 1 fully saturated rings. The third-order valence-electron chi connectivity index (χ3n) is 3.84. The number of likely N-dealkylation sites (N-methyl/N-ethyl adjacent to an activating group) is 1. The van der Waals surface area contributed by atoms with Crippen LogP contribution in [0.2, 0.25) is 0 Å². The zero-order valence-electron chi connectivity index (χ0n) is 12.0. The Morgan fingerprint density at radius 2 is 2.19 bits per heavy atom. The summed E-state index contributed by atoms with van der Waals surface area (Å²) in [7, 11) is 1.58. The normalized spacial score (nSPS) is 21.3. The van der Waals surface area contributed by atoms with Gasteiger partial charge in [0.15, 0.2) is 0 Å². The highest BCUT2D eigenvalue weighted by molar-refractivity contribution is 7.12. The number of hydrogen-bond donors (Lipinski definition) is 1. The second kappa shape index (κ2) is 6.26. The number of thiophene rings is 1. The molecule has 0 radical (unpaired) electrons. The highest BCUT2D eigenvalue weighted by atomic mass is 32.1. The molecule has 21 heavy (non-hydrogen) atoms. The SMILES string of the molecule is CC1C(C(=O)O)CCN1C(=O)CN(C)C(=O)c1cccs1. The summed E-state index contributed by atoms with van der Waals surface area (Å²) in [5.74, 6) is -1.80. The van der Waals surface area contributed by atoms with Gasteiger partial charge in [-0.15, -0.1) is 11.3 Å². The Morgan fingerprint density at radius 3 is 2.71 bits per heavy atom.